The van der Waals surface area contributed by atoms with Gasteiger partial charge in [0.1, 0.15) is 0 Å². The molecule has 2 heteroatoms. The molecule has 1 rings (SSSR count). The van der Waals surface area contributed by atoms with Crippen molar-refractivity contribution in [1.82, 2.24) is 0 Å². The second-order valence-corrected chi connectivity index (χ2v) is 4.66. The zero-order valence-corrected chi connectivity index (χ0v) is 8.26. The third-order valence-corrected chi connectivity index (χ3v) is 2.66. The molecule has 1 atom stereocenters. The summed E-state index contributed by atoms with van der Waals surface area (Å²) in [4.78, 5) is 11.6. The van der Waals surface area contributed by atoms with Crippen LogP contribution in [0.4, 0.5) is 0 Å². The van der Waals surface area contributed by atoms with E-state index in [1.165, 1.54) is 0 Å². The van der Waals surface area contributed by atoms with Crippen LogP contribution in [0.25, 0.3) is 0 Å². The average molecular weight is 169 g/mol. The van der Waals surface area contributed by atoms with Crippen molar-refractivity contribution in [3.05, 3.63) is 0 Å². The van der Waals surface area contributed by atoms with E-state index < -0.39 is 0 Å². The first-order valence-electron chi connectivity index (χ1n) is 4.75. The summed E-state index contributed by atoms with van der Waals surface area (Å²) in [5.74, 6) is 0.794. The van der Waals surface area contributed by atoms with Crippen LogP contribution in [0.2, 0.25) is 0 Å². The van der Waals surface area contributed by atoms with Gasteiger partial charge in [0.15, 0.2) is 5.78 Å². The Morgan fingerprint density at radius 2 is 2.00 bits per heavy atom. The van der Waals surface area contributed by atoms with E-state index in [-0.39, 0.29) is 17.2 Å². The first-order valence-corrected chi connectivity index (χ1v) is 4.75. The molecular weight excluding hydrogens is 150 g/mol. The van der Waals surface area contributed by atoms with Crippen LogP contribution in [-0.2, 0) is 4.79 Å². The fraction of sp³-hybridized carbons (Fsp3) is 0.900. The van der Waals surface area contributed by atoms with E-state index >= 15 is 0 Å². The summed E-state index contributed by atoms with van der Waals surface area (Å²) in [6, 6.07) is -0.225. The van der Waals surface area contributed by atoms with Crippen LogP contribution in [0, 0.1) is 11.3 Å². The number of Topliss-reactive ketones (excluding diaryl/α,β-unsaturated/α-hetero) is 1. The molecule has 1 aliphatic carbocycles. The van der Waals surface area contributed by atoms with Gasteiger partial charge in [-0.15, -0.1) is 0 Å². The van der Waals surface area contributed by atoms with Crippen molar-refractivity contribution in [3.8, 4) is 0 Å². The van der Waals surface area contributed by atoms with Crippen LogP contribution in [0.3, 0.4) is 0 Å². The second-order valence-electron chi connectivity index (χ2n) is 4.66. The highest BCUT2D eigenvalue weighted by atomic mass is 16.1. The smallest absolute Gasteiger partial charge is 0.155 e. The lowest BCUT2D eigenvalue weighted by atomic mass is 9.92. The molecule has 0 amide bonds. The molecule has 0 unspecified atom stereocenters. The highest BCUT2D eigenvalue weighted by molar-refractivity contribution is 5.91. The Morgan fingerprint density at radius 3 is 2.33 bits per heavy atom. The standard InChI is InChI=1S/C10H19NO/c1-7(2)6-8(11)9(12)10(3)4-5-10/h7-8H,4-6,11H2,1-3H3/t8-/m0/s1. The summed E-state index contributed by atoms with van der Waals surface area (Å²) in [6.45, 7) is 6.22. The van der Waals surface area contributed by atoms with E-state index in [0.717, 1.165) is 19.3 Å². The van der Waals surface area contributed by atoms with Crippen LogP contribution < -0.4 is 5.73 Å². The molecule has 2 N–H and O–H groups in total. The van der Waals surface area contributed by atoms with Crippen LogP contribution in [0.1, 0.15) is 40.0 Å². The van der Waals surface area contributed by atoms with Gasteiger partial charge in [-0.05, 0) is 25.2 Å². The van der Waals surface area contributed by atoms with Gasteiger partial charge in [-0.1, -0.05) is 20.8 Å². The lowest BCUT2D eigenvalue weighted by molar-refractivity contribution is -0.125. The van der Waals surface area contributed by atoms with Gasteiger partial charge in [0.25, 0.3) is 0 Å². The predicted octanol–water partition coefficient (Wildman–Crippen LogP) is 1.73. The van der Waals surface area contributed by atoms with Crippen molar-refractivity contribution < 1.29 is 4.79 Å². The first kappa shape index (κ1) is 9.72. The SMILES string of the molecule is CC(C)C[C@H](N)C(=O)C1(C)CC1. The molecule has 2 nitrogen and oxygen atoms in total. The molecule has 0 heterocycles. The van der Waals surface area contributed by atoms with Gasteiger partial charge >= 0.3 is 0 Å². The minimum Gasteiger partial charge on any atom is -0.321 e. The predicted molar refractivity (Wildman–Crippen MR) is 49.8 cm³/mol. The first-order chi connectivity index (χ1) is 5.46. The van der Waals surface area contributed by atoms with Gasteiger partial charge in [-0.2, -0.15) is 0 Å². The number of hydrogen-bond donors (Lipinski definition) is 1. The Hall–Kier alpha value is -0.370. The Labute approximate surface area is 74.5 Å². The van der Waals surface area contributed by atoms with Gasteiger partial charge in [-0.3, -0.25) is 4.79 Å². The average Bonchev–Trinajstić information content (AvgIpc) is 2.66. The summed E-state index contributed by atoms with van der Waals surface area (Å²) >= 11 is 0. The fourth-order valence-electron chi connectivity index (χ4n) is 1.50. The van der Waals surface area contributed by atoms with E-state index in [1.807, 2.05) is 6.92 Å². The monoisotopic (exact) mass is 169 g/mol. The normalized spacial score (nSPS) is 22.4. The van der Waals surface area contributed by atoms with E-state index in [9.17, 15) is 4.79 Å². The lowest BCUT2D eigenvalue weighted by Crippen LogP contribution is -2.36. The van der Waals surface area contributed by atoms with Crippen molar-refractivity contribution in [2.75, 3.05) is 0 Å². The fourth-order valence-corrected chi connectivity index (χ4v) is 1.50. The summed E-state index contributed by atoms with van der Waals surface area (Å²) in [7, 11) is 0. The molecule has 1 aliphatic rings. The largest absolute Gasteiger partial charge is 0.321 e. The van der Waals surface area contributed by atoms with Gasteiger partial charge in [0.2, 0.25) is 0 Å². The van der Waals surface area contributed by atoms with E-state index in [2.05, 4.69) is 13.8 Å². The van der Waals surface area contributed by atoms with E-state index in [0.29, 0.717) is 5.92 Å². The number of carbonyl (C=O) groups is 1. The zero-order chi connectivity index (χ0) is 9.35. The minimum absolute atomic E-state index is 0.0473. The van der Waals surface area contributed by atoms with Crippen molar-refractivity contribution >= 4 is 5.78 Å². The van der Waals surface area contributed by atoms with Crippen molar-refractivity contribution in [2.24, 2.45) is 17.1 Å². The Bertz CT molecular complexity index is 182. The van der Waals surface area contributed by atoms with Crippen LogP contribution in [-0.4, -0.2) is 11.8 Å². The number of nitrogens with two attached hydrogens (primary N) is 1. The van der Waals surface area contributed by atoms with Crippen molar-refractivity contribution in [1.29, 1.82) is 0 Å². The summed E-state index contributed by atoms with van der Waals surface area (Å²) in [6.07, 6.45) is 2.91. The lowest BCUT2D eigenvalue weighted by Gasteiger charge is -2.16. The molecule has 1 fully saturated rings. The maximum atomic E-state index is 11.6. The quantitative estimate of drug-likeness (QED) is 0.696. The second kappa shape index (κ2) is 3.17. The van der Waals surface area contributed by atoms with Gasteiger partial charge in [0, 0.05) is 5.41 Å². The molecule has 0 aromatic heterocycles. The summed E-state index contributed by atoms with van der Waals surface area (Å²) in [5.41, 5.74) is 5.75. The van der Waals surface area contributed by atoms with Crippen LogP contribution >= 0.6 is 0 Å². The van der Waals surface area contributed by atoms with Crippen LogP contribution in [0.5, 0.6) is 0 Å². The molecule has 0 bridgehead atoms. The Morgan fingerprint density at radius 1 is 1.50 bits per heavy atom. The van der Waals surface area contributed by atoms with E-state index in [1.54, 1.807) is 0 Å². The maximum Gasteiger partial charge on any atom is 0.155 e. The van der Waals surface area contributed by atoms with Crippen molar-refractivity contribution in [3.63, 3.8) is 0 Å². The third-order valence-electron chi connectivity index (χ3n) is 2.66. The number of rotatable bonds is 4. The maximum absolute atomic E-state index is 11.6. The topological polar surface area (TPSA) is 43.1 Å². The molecule has 0 spiro atoms. The number of carbonyl (C=O) groups excluding carboxylic acids is 1. The van der Waals surface area contributed by atoms with Gasteiger partial charge < -0.3 is 5.73 Å². The Kier molecular flexibility index (Phi) is 2.57. The third kappa shape index (κ3) is 2.07. The molecule has 0 aromatic rings. The van der Waals surface area contributed by atoms with Gasteiger partial charge in [0.05, 0.1) is 6.04 Å². The summed E-state index contributed by atoms with van der Waals surface area (Å²) in [5, 5.41) is 0. The molecule has 70 valence electrons. The van der Waals surface area contributed by atoms with Crippen molar-refractivity contribution in [2.45, 2.75) is 46.1 Å². The number of ketones is 1. The molecule has 0 radical (unpaired) electrons. The van der Waals surface area contributed by atoms with Crippen LogP contribution in [0.15, 0.2) is 0 Å². The van der Waals surface area contributed by atoms with Gasteiger partial charge in [-0.25, -0.2) is 0 Å². The number of hydrogen-bond acceptors (Lipinski definition) is 2. The molecular formula is C10H19NO. The van der Waals surface area contributed by atoms with E-state index in [4.69, 9.17) is 5.73 Å². The molecule has 0 aromatic carbocycles. The zero-order valence-electron chi connectivity index (χ0n) is 8.26. The summed E-state index contributed by atoms with van der Waals surface area (Å²) < 4.78 is 0. The highest BCUT2D eigenvalue weighted by Crippen LogP contribution is 2.46. The highest BCUT2D eigenvalue weighted by Gasteiger charge is 2.46. The minimum atomic E-state index is -0.225. The molecule has 0 aliphatic heterocycles. The Balaban J connectivity index is 2.42. The molecule has 12 heavy (non-hydrogen) atoms. The molecule has 0 saturated heterocycles. The molecule has 1 saturated carbocycles.